The Balaban J connectivity index is 2.78. The number of carbonyl (C=O) groups is 2. The van der Waals surface area contributed by atoms with E-state index in [1.54, 1.807) is 18.2 Å². The van der Waals surface area contributed by atoms with Crippen LogP contribution in [0.4, 0.5) is 10.5 Å². The second kappa shape index (κ2) is 6.24. The standard InChI is InChI=1S/C11H12ClIN2O3/c1-6(10(16)17)15(2)11(18)14-9-4-3-7(12)5-8(9)13/h3-6H,1-2H3,(H,14,18)(H,16,17). The summed E-state index contributed by atoms with van der Waals surface area (Å²) in [6.07, 6.45) is 0. The lowest BCUT2D eigenvalue weighted by Crippen LogP contribution is -2.42. The van der Waals surface area contributed by atoms with E-state index in [-0.39, 0.29) is 0 Å². The molecule has 1 unspecified atom stereocenters. The van der Waals surface area contributed by atoms with Crippen molar-refractivity contribution >= 4 is 51.9 Å². The third kappa shape index (κ3) is 3.74. The third-order valence-electron chi connectivity index (χ3n) is 2.43. The topological polar surface area (TPSA) is 69.6 Å². The number of benzene rings is 1. The molecule has 0 aliphatic carbocycles. The molecule has 0 aromatic heterocycles. The monoisotopic (exact) mass is 382 g/mol. The third-order valence-corrected chi connectivity index (χ3v) is 3.56. The molecule has 1 atom stereocenters. The van der Waals surface area contributed by atoms with Gasteiger partial charge in [-0.2, -0.15) is 0 Å². The number of likely N-dealkylation sites (N-methyl/N-ethyl adjacent to an activating group) is 1. The van der Waals surface area contributed by atoms with Crippen LogP contribution in [-0.4, -0.2) is 35.1 Å². The van der Waals surface area contributed by atoms with Crippen molar-refractivity contribution in [3.8, 4) is 0 Å². The Morgan fingerprint density at radius 2 is 2.11 bits per heavy atom. The molecule has 1 rings (SSSR count). The van der Waals surface area contributed by atoms with Crippen molar-refractivity contribution in [2.24, 2.45) is 0 Å². The van der Waals surface area contributed by atoms with Gasteiger partial charge in [0.25, 0.3) is 0 Å². The van der Waals surface area contributed by atoms with Gasteiger partial charge in [-0.1, -0.05) is 11.6 Å². The molecule has 0 spiro atoms. The Labute approximate surface area is 123 Å². The molecule has 2 amide bonds. The molecule has 5 nitrogen and oxygen atoms in total. The van der Waals surface area contributed by atoms with Crippen molar-refractivity contribution in [2.45, 2.75) is 13.0 Å². The van der Waals surface area contributed by atoms with Gasteiger partial charge >= 0.3 is 12.0 Å². The predicted molar refractivity (Wildman–Crippen MR) is 78.0 cm³/mol. The van der Waals surface area contributed by atoms with Crippen LogP contribution in [0.1, 0.15) is 6.92 Å². The summed E-state index contributed by atoms with van der Waals surface area (Å²) in [6.45, 7) is 1.44. The lowest BCUT2D eigenvalue weighted by Gasteiger charge is -2.22. The van der Waals surface area contributed by atoms with Crippen molar-refractivity contribution in [2.75, 3.05) is 12.4 Å². The molecule has 0 bridgehead atoms. The first-order valence-electron chi connectivity index (χ1n) is 5.04. The van der Waals surface area contributed by atoms with Crippen LogP contribution in [0.25, 0.3) is 0 Å². The normalized spacial score (nSPS) is 11.8. The first-order valence-corrected chi connectivity index (χ1v) is 6.50. The Bertz CT molecular complexity index is 481. The molecule has 1 aromatic rings. The fourth-order valence-electron chi connectivity index (χ4n) is 1.14. The minimum absolute atomic E-state index is 0.481. The summed E-state index contributed by atoms with van der Waals surface area (Å²) < 4.78 is 0.782. The van der Waals surface area contributed by atoms with E-state index >= 15 is 0 Å². The van der Waals surface area contributed by atoms with E-state index in [1.807, 2.05) is 22.6 Å². The molecule has 0 heterocycles. The van der Waals surface area contributed by atoms with Gasteiger partial charge in [-0.3, -0.25) is 0 Å². The Kier molecular flexibility index (Phi) is 5.21. The van der Waals surface area contributed by atoms with Crippen LogP contribution in [0.3, 0.4) is 0 Å². The number of amides is 2. The molecule has 0 aliphatic heterocycles. The number of aliphatic carboxylic acids is 1. The maximum Gasteiger partial charge on any atom is 0.326 e. The Morgan fingerprint density at radius 1 is 1.50 bits per heavy atom. The second-order valence-electron chi connectivity index (χ2n) is 3.68. The Morgan fingerprint density at radius 3 is 2.61 bits per heavy atom. The fourth-order valence-corrected chi connectivity index (χ4v) is 2.14. The van der Waals surface area contributed by atoms with Crippen molar-refractivity contribution in [1.29, 1.82) is 0 Å². The quantitative estimate of drug-likeness (QED) is 0.790. The zero-order chi connectivity index (χ0) is 13.9. The highest BCUT2D eigenvalue weighted by atomic mass is 127. The summed E-state index contributed by atoms with van der Waals surface area (Å²) in [4.78, 5) is 23.7. The van der Waals surface area contributed by atoms with Crippen LogP contribution >= 0.6 is 34.2 Å². The van der Waals surface area contributed by atoms with E-state index in [0.717, 1.165) is 8.47 Å². The van der Waals surface area contributed by atoms with Crippen molar-refractivity contribution < 1.29 is 14.7 Å². The summed E-state index contributed by atoms with van der Waals surface area (Å²) in [5.74, 6) is -1.06. The summed E-state index contributed by atoms with van der Waals surface area (Å²) in [7, 11) is 1.43. The van der Waals surface area contributed by atoms with Gasteiger partial charge in [0.05, 0.1) is 5.69 Å². The first-order chi connectivity index (χ1) is 8.32. The molecule has 18 heavy (non-hydrogen) atoms. The van der Waals surface area contributed by atoms with Gasteiger partial charge in [0.2, 0.25) is 0 Å². The smallest absolute Gasteiger partial charge is 0.326 e. The zero-order valence-electron chi connectivity index (χ0n) is 9.78. The van der Waals surface area contributed by atoms with Gasteiger partial charge in [0.15, 0.2) is 0 Å². The number of hydrogen-bond donors (Lipinski definition) is 2. The molecule has 0 aliphatic rings. The molecule has 0 fully saturated rings. The van der Waals surface area contributed by atoms with Crippen molar-refractivity contribution in [3.63, 3.8) is 0 Å². The van der Waals surface area contributed by atoms with Gasteiger partial charge in [-0.15, -0.1) is 0 Å². The number of rotatable bonds is 3. The SMILES string of the molecule is CC(C(=O)O)N(C)C(=O)Nc1ccc(Cl)cc1I. The molecule has 98 valence electrons. The summed E-state index contributed by atoms with van der Waals surface area (Å²) in [6, 6.07) is 3.65. The zero-order valence-corrected chi connectivity index (χ0v) is 12.7. The number of carboxylic acids is 1. The van der Waals surface area contributed by atoms with E-state index in [0.29, 0.717) is 10.7 Å². The highest BCUT2D eigenvalue weighted by Gasteiger charge is 2.21. The number of halogens is 2. The minimum atomic E-state index is -1.06. The fraction of sp³-hybridized carbons (Fsp3) is 0.273. The molecule has 7 heteroatoms. The number of hydrogen-bond acceptors (Lipinski definition) is 2. The van der Waals surface area contributed by atoms with Gasteiger partial charge in [0, 0.05) is 15.6 Å². The summed E-state index contributed by atoms with van der Waals surface area (Å²) in [5.41, 5.74) is 0.592. The van der Waals surface area contributed by atoms with Crippen LogP contribution in [0.5, 0.6) is 0 Å². The molecule has 1 aromatic carbocycles. The van der Waals surface area contributed by atoms with E-state index in [9.17, 15) is 9.59 Å². The molecular weight excluding hydrogens is 370 g/mol. The number of nitrogens with zero attached hydrogens (tertiary/aromatic N) is 1. The van der Waals surface area contributed by atoms with Gasteiger partial charge in [-0.05, 0) is 47.7 Å². The van der Waals surface area contributed by atoms with E-state index < -0.39 is 18.0 Å². The predicted octanol–water partition coefficient (Wildman–Crippen LogP) is 2.88. The Hall–Kier alpha value is -1.02. The molecule has 0 saturated heterocycles. The maximum atomic E-state index is 11.8. The highest BCUT2D eigenvalue weighted by molar-refractivity contribution is 14.1. The van der Waals surface area contributed by atoms with Gasteiger partial charge in [-0.25, -0.2) is 9.59 Å². The number of carbonyl (C=O) groups excluding carboxylic acids is 1. The van der Waals surface area contributed by atoms with Crippen LogP contribution in [0.15, 0.2) is 18.2 Å². The summed E-state index contributed by atoms with van der Waals surface area (Å²) in [5, 5.41) is 12.0. The van der Waals surface area contributed by atoms with Gasteiger partial charge < -0.3 is 15.3 Å². The number of urea groups is 1. The van der Waals surface area contributed by atoms with E-state index in [4.69, 9.17) is 16.7 Å². The van der Waals surface area contributed by atoms with Crippen molar-refractivity contribution in [3.05, 3.63) is 26.8 Å². The van der Waals surface area contributed by atoms with Crippen LogP contribution < -0.4 is 5.32 Å². The van der Waals surface area contributed by atoms with Crippen LogP contribution in [0, 0.1) is 3.57 Å². The number of anilines is 1. The van der Waals surface area contributed by atoms with Crippen LogP contribution in [0.2, 0.25) is 5.02 Å². The lowest BCUT2D eigenvalue weighted by molar-refractivity contribution is -0.141. The maximum absolute atomic E-state index is 11.8. The second-order valence-corrected chi connectivity index (χ2v) is 5.28. The molecule has 0 radical (unpaired) electrons. The van der Waals surface area contributed by atoms with E-state index in [2.05, 4.69) is 5.32 Å². The van der Waals surface area contributed by atoms with Crippen molar-refractivity contribution in [1.82, 2.24) is 4.90 Å². The molecular formula is C11H12ClIN2O3. The first kappa shape index (κ1) is 15.0. The summed E-state index contributed by atoms with van der Waals surface area (Å²) >= 11 is 7.84. The average molecular weight is 383 g/mol. The molecule has 0 saturated carbocycles. The number of carboxylic acid groups (broad SMARTS) is 1. The molecule has 2 N–H and O–H groups in total. The van der Waals surface area contributed by atoms with Gasteiger partial charge in [0.1, 0.15) is 6.04 Å². The van der Waals surface area contributed by atoms with E-state index in [1.165, 1.54) is 14.0 Å². The average Bonchev–Trinajstić information content (AvgIpc) is 2.30. The van der Waals surface area contributed by atoms with Crippen LogP contribution in [-0.2, 0) is 4.79 Å². The highest BCUT2D eigenvalue weighted by Crippen LogP contribution is 2.22. The number of nitrogens with one attached hydrogen (secondary N) is 1. The largest absolute Gasteiger partial charge is 0.480 e. The minimum Gasteiger partial charge on any atom is -0.480 e. The lowest BCUT2D eigenvalue weighted by atomic mass is 10.3.